The molecule has 30 heavy (non-hydrogen) atoms. The zero-order valence-electron chi connectivity index (χ0n) is 16.6. The fourth-order valence-corrected chi connectivity index (χ4v) is 5.46. The summed E-state index contributed by atoms with van der Waals surface area (Å²) in [5, 5.41) is 0.210. The van der Waals surface area contributed by atoms with Crippen LogP contribution in [0.15, 0.2) is 36.5 Å². The Labute approximate surface area is 181 Å². The van der Waals surface area contributed by atoms with Crippen molar-refractivity contribution in [1.29, 1.82) is 0 Å². The maximum Gasteiger partial charge on any atom is 0.274 e. The Morgan fingerprint density at radius 1 is 1.00 bits per heavy atom. The summed E-state index contributed by atoms with van der Waals surface area (Å²) in [7, 11) is -3.44. The molecule has 0 aliphatic carbocycles. The quantitative estimate of drug-likeness (QED) is 0.694. The minimum Gasteiger partial charge on any atom is -0.341 e. The Balaban J connectivity index is 1.41. The molecule has 8 nitrogen and oxygen atoms in total. The van der Waals surface area contributed by atoms with Crippen LogP contribution in [-0.2, 0) is 15.8 Å². The zero-order chi connectivity index (χ0) is 21.1. The van der Waals surface area contributed by atoms with Gasteiger partial charge in [0.2, 0.25) is 16.0 Å². The molecule has 1 aromatic heterocycles. The monoisotopic (exact) mass is 449 g/mol. The zero-order valence-corrected chi connectivity index (χ0v) is 18.1. The van der Waals surface area contributed by atoms with Crippen LogP contribution in [0, 0.1) is 0 Å². The van der Waals surface area contributed by atoms with Gasteiger partial charge in [-0.1, -0.05) is 41.9 Å². The largest absolute Gasteiger partial charge is 0.341 e. The van der Waals surface area contributed by atoms with Crippen molar-refractivity contribution < 1.29 is 13.2 Å². The third-order valence-corrected chi connectivity index (χ3v) is 7.56. The second-order valence-electron chi connectivity index (χ2n) is 7.49. The van der Waals surface area contributed by atoms with Crippen LogP contribution in [0.2, 0.25) is 5.02 Å². The van der Waals surface area contributed by atoms with E-state index in [1.807, 2.05) is 23.1 Å². The number of rotatable bonds is 5. The van der Waals surface area contributed by atoms with Gasteiger partial charge in [0.05, 0.1) is 17.0 Å². The van der Waals surface area contributed by atoms with Gasteiger partial charge >= 0.3 is 0 Å². The number of carbonyl (C=O) groups is 1. The standard InChI is InChI=1S/C20H24ClN5O3S/c21-17-14-22-20(25-8-4-5-9-25)23-18(17)19(27)24-10-12-26(13-11-24)30(28,29)15-16-6-2-1-3-7-16/h1-3,6-7,14H,4-5,8-13,15H2. The van der Waals surface area contributed by atoms with Crippen LogP contribution >= 0.6 is 11.6 Å². The highest BCUT2D eigenvalue weighted by molar-refractivity contribution is 7.88. The number of carbonyl (C=O) groups excluding carboxylic acids is 1. The molecule has 0 saturated carbocycles. The Morgan fingerprint density at radius 3 is 2.33 bits per heavy atom. The molecular weight excluding hydrogens is 426 g/mol. The Bertz CT molecular complexity index is 1000. The summed E-state index contributed by atoms with van der Waals surface area (Å²) < 4.78 is 26.9. The number of nitrogens with zero attached hydrogens (tertiary/aromatic N) is 5. The summed E-state index contributed by atoms with van der Waals surface area (Å²) in [6, 6.07) is 9.10. The first kappa shape index (κ1) is 21.0. The van der Waals surface area contributed by atoms with Gasteiger partial charge in [-0.05, 0) is 18.4 Å². The van der Waals surface area contributed by atoms with E-state index in [2.05, 4.69) is 9.97 Å². The first-order chi connectivity index (χ1) is 14.4. The van der Waals surface area contributed by atoms with E-state index in [1.54, 1.807) is 17.0 Å². The van der Waals surface area contributed by atoms with Crippen molar-refractivity contribution >= 4 is 33.5 Å². The van der Waals surface area contributed by atoms with E-state index in [0.29, 0.717) is 19.0 Å². The van der Waals surface area contributed by atoms with Gasteiger partial charge in [-0.25, -0.2) is 18.4 Å². The fourth-order valence-electron chi connectivity index (χ4n) is 3.77. The molecule has 2 aromatic rings. The summed E-state index contributed by atoms with van der Waals surface area (Å²) in [5.74, 6) is 0.186. The molecule has 0 radical (unpaired) electrons. The maximum absolute atomic E-state index is 13.0. The highest BCUT2D eigenvalue weighted by Gasteiger charge is 2.31. The van der Waals surface area contributed by atoms with Crippen LogP contribution in [-0.4, -0.2) is 72.8 Å². The topological polar surface area (TPSA) is 86.7 Å². The number of amides is 1. The Hall–Kier alpha value is -2.23. The van der Waals surface area contributed by atoms with Gasteiger partial charge in [0.1, 0.15) is 0 Å². The number of piperazine rings is 1. The van der Waals surface area contributed by atoms with Gasteiger partial charge in [0, 0.05) is 39.3 Å². The van der Waals surface area contributed by atoms with Gasteiger partial charge in [-0.2, -0.15) is 4.31 Å². The second-order valence-corrected chi connectivity index (χ2v) is 9.87. The number of anilines is 1. The lowest BCUT2D eigenvalue weighted by Gasteiger charge is -2.34. The molecule has 10 heteroatoms. The van der Waals surface area contributed by atoms with Crippen molar-refractivity contribution in [2.45, 2.75) is 18.6 Å². The summed E-state index contributed by atoms with van der Waals surface area (Å²) in [5.41, 5.74) is 0.923. The third kappa shape index (κ3) is 4.58. The van der Waals surface area contributed by atoms with E-state index >= 15 is 0 Å². The van der Waals surface area contributed by atoms with Gasteiger partial charge in [0.15, 0.2) is 5.69 Å². The molecular formula is C20H24ClN5O3S. The second kappa shape index (κ2) is 8.87. The van der Waals surface area contributed by atoms with E-state index in [4.69, 9.17) is 11.6 Å². The third-order valence-electron chi connectivity index (χ3n) is 5.43. The molecule has 1 amide bonds. The lowest BCUT2D eigenvalue weighted by atomic mass is 10.2. The van der Waals surface area contributed by atoms with E-state index in [0.717, 1.165) is 31.5 Å². The van der Waals surface area contributed by atoms with E-state index in [-0.39, 0.29) is 35.5 Å². The smallest absolute Gasteiger partial charge is 0.274 e. The minimum atomic E-state index is -3.44. The predicted molar refractivity (Wildman–Crippen MR) is 115 cm³/mol. The highest BCUT2D eigenvalue weighted by atomic mass is 35.5. The van der Waals surface area contributed by atoms with Crippen molar-refractivity contribution in [2.24, 2.45) is 0 Å². The number of hydrogen-bond acceptors (Lipinski definition) is 6. The Morgan fingerprint density at radius 2 is 1.67 bits per heavy atom. The van der Waals surface area contributed by atoms with Gasteiger partial charge in [-0.3, -0.25) is 4.79 Å². The average Bonchev–Trinajstić information content (AvgIpc) is 3.29. The minimum absolute atomic E-state index is 0.0429. The van der Waals surface area contributed by atoms with Gasteiger partial charge in [-0.15, -0.1) is 0 Å². The summed E-state index contributed by atoms with van der Waals surface area (Å²) in [4.78, 5) is 25.3. The lowest BCUT2D eigenvalue weighted by molar-refractivity contribution is 0.0692. The van der Waals surface area contributed by atoms with Crippen LogP contribution < -0.4 is 4.90 Å². The molecule has 3 heterocycles. The van der Waals surface area contributed by atoms with Gasteiger partial charge in [0.25, 0.3) is 5.91 Å². The number of benzene rings is 1. The normalized spacial score (nSPS) is 18.0. The van der Waals surface area contributed by atoms with E-state index in [9.17, 15) is 13.2 Å². The molecule has 4 rings (SSSR count). The first-order valence-corrected chi connectivity index (χ1v) is 12.0. The predicted octanol–water partition coefficient (Wildman–Crippen LogP) is 2.02. The number of aromatic nitrogens is 2. The summed E-state index contributed by atoms with van der Waals surface area (Å²) >= 11 is 6.21. The molecule has 2 aliphatic rings. The fraction of sp³-hybridized carbons (Fsp3) is 0.450. The molecule has 0 unspecified atom stereocenters. The molecule has 160 valence electrons. The van der Waals surface area contributed by atoms with E-state index < -0.39 is 10.0 Å². The van der Waals surface area contributed by atoms with Crippen LogP contribution in [0.4, 0.5) is 5.95 Å². The summed E-state index contributed by atoms with van der Waals surface area (Å²) in [6.45, 7) is 2.84. The van der Waals surface area contributed by atoms with Crippen molar-refractivity contribution in [1.82, 2.24) is 19.2 Å². The van der Waals surface area contributed by atoms with Crippen molar-refractivity contribution in [3.63, 3.8) is 0 Å². The molecule has 0 bridgehead atoms. The van der Waals surface area contributed by atoms with E-state index in [1.165, 1.54) is 10.5 Å². The first-order valence-electron chi connectivity index (χ1n) is 10.0. The van der Waals surface area contributed by atoms with Crippen LogP contribution in [0.1, 0.15) is 28.9 Å². The van der Waals surface area contributed by atoms with Crippen molar-refractivity contribution in [3.8, 4) is 0 Å². The number of hydrogen-bond donors (Lipinski definition) is 0. The average molecular weight is 450 g/mol. The summed E-state index contributed by atoms with van der Waals surface area (Å²) in [6.07, 6.45) is 3.62. The SMILES string of the molecule is O=C(c1nc(N2CCCC2)ncc1Cl)N1CCN(S(=O)(=O)Cc2ccccc2)CC1. The van der Waals surface area contributed by atoms with Gasteiger partial charge < -0.3 is 9.80 Å². The number of sulfonamides is 1. The molecule has 2 fully saturated rings. The molecule has 2 saturated heterocycles. The Kier molecular flexibility index (Phi) is 6.21. The lowest BCUT2D eigenvalue weighted by Crippen LogP contribution is -2.51. The molecule has 1 aromatic carbocycles. The highest BCUT2D eigenvalue weighted by Crippen LogP contribution is 2.22. The molecule has 2 aliphatic heterocycles. The maximum atomic E-state index is 13.0. The molecule has 0 N–H and O–H groups in total. The number of halogens is 1. The van der Waals surface area contributed by atoms with Crippen molar-refractivity contribution in [3.05, 3.63) is 52.8 Å². The van der Waals surface area contributed by atoms with Crippen molar-refractivity contribution in [2.75, 3.05) is 44.2 Å². The van der Waals surface area contributed by atoms with Crippen LogP contribution in [0.3, 0.4) is 0 Å². The van der Waals surface area contributed by atoms with Crippen LogP contribution in [0.5, 0.6) is 0 Å². The van der Waals surface area contributed by atoms with Crippen LogP contribution in [0.25, 0.3) is 0 Å². The molecule has 0 spiro atoms. The molecule has 0 atom stereocenters.